The summed E-state index contributed by atoms with van der Waals surface area (Å²) in [5.41, 5.74) is 5.84. The van der Waals surface area contributed by atoms with Crippen molar-refractivity contribution >= 4 is 0 Å². The third-order valence-electron chi connectivity index (χ3n) is 1.58. The Kier molecular flexibility index (Phi) is 6.18. The molecule has 0 aliphatic heterocycles. The minimum absolute atomic E-state index is 0.324. The monoisotopic (exact) mass is 156 g/mol. The molecule has 0 aliphatic rings. The van der Waals surface area contributed by atoms with Crippen LogP contribution in [-0.2, 0) is 0 Å². The van der Waals surface area contributed by atoms with Crippen LogP contribution in [-0.4, -0.2) is 31.6 Å². The van der Waals surface area contributed by atoms with E-state index in [1.54, 1.807) is 0 Å². The summed E-state index contributed by atoms with van der Waals surface area (Å²) >= 11 is 0. The van der Waals surface area contributed by atoms with E-state index in [-0.39, 0.29) is 0 Å². The summed E-state index contributed by atoms with van der Waals surface area (Å²) < 4.78 is 0. The van der Waals surface area contributed by atoms with Crippen LogP contribution in [0.3, 0.4) is 0 Å². The van der Waals surface area contributed by atoms with Crippen molar-refractivity contribution in [3.05, 3.63) is 12.7 Å². The fourth-order valence-corrected chi connectivity index (χ4v) is 1.08. The standard InChI is InChI=1S/C9H20N2/c1-4-5-6-7-9(10)8-11(2)3/h4,9H,1,5-8,10H2,2-3H3. The van der Waals surface area contributed by atoms with E-state index in [2.05, 4.69) is 11.5 Å². The Morgan fingerprint density at radius 1 is 1.55 bits per heavy atom. The van der Waals surface area contributed by atoms with Crippen LogP contribution in [0.15, 0.2) is 12.7 Å². The highest BCUT2D eigenvalue weighted by Gasteiger charge is 2.01. The Labute approximate surface area is 70.1 Å². The van der Waals surface area contributed by atoms with E-state index < -0.39 is 0 Å². The van der Waals surface area contributed by atoms with E-state index in [4.69, 9.17) is 5.73 Å². The van der Waals surface area contributed by atoms with Crippen LogP contribution in [0.4, 0.5) is 0 Å². The molecule has 0 saturated carbocycles. The van der Waals surface area contributed by atoms with Gasteiger partial charge in [-0.2, -0.15) is 0 Å². The Hall–Kier alpha value is -0.340. The fraction of sp³-hybridized carbons (Fsp3) is 0.778. The van der Waals surface area contributed by atoms with Crippen LogP contribution in [0, 0.1) is 0 Å². The predicted molar refractivity (Wildman–Crippen MR) is 50.6 cm³/mol. The molecule has 0 fully saturated rings. The van der Waals surface area contributed by atoms with Gasteiger partial charge in [-0.3, -0.25) is 0 Å². The van der Waals surface area contributed by atoms with Gasteiger partial charge in [-0.15, -0.1) is 6.58 Å². The molecule has 1 atom stereocenters. The SMILES string of the molecule is C=CCCCC(N)CN(C)C. The molecule has 2 nitrogen and oxygen atoms in total. The average molecular weight is 156 g/mol. The van der Waals surface area contributed by atoms with Gasteiger partial charge in [0.05, 0.1) is 0 Å². The van der Waals surface area contributed by atoms with E-state index >= 15 is 0 Å². The van der Waals surface area contributed by atoms with Gasteiger partial charge in [0, 0.05) is 12.6 Å². The van der Waals surface area contributed by atoms with Crippen LogP contribution in [0.2, 0.25) is 0 Å². The highest BCUT2D eigenvalue weighted by molar-refractivity contribution is 4.70. The Bertz CT molecular complexity index is 99.7. The molecule has 0 radical (unpaired) electrons. The summed E-state index contributed by atoms with van der Waals surface area (Å²) in [5.74, 6) is 0. The van der Waals surface area contributed by atoms with E-state index in [0.717, 1.165) is 19.4 Å². The smallest absolute Gasteiger partial charge is 0.0167 e. The number of nitrogens with zero attached hydrogens (tertiary/aromatic N) is 1. The summed E-state index contributed by atoms with van der Waals surface area (Å²) in [6.07, 6.45) is 5.30. The van der Waals surface area contributed by atoms with Crippen LogP contribution in [0.1, 0.15) is 19.3 Å². The molecule has 2 heteroatoms. The Balaban J connectivity index is 3.21. The van der Waals surface area contributed by atoms with Crippen molar-refractivity contribution in [3.8, 4) is 0 Å². The maximum Gasteiger partial charge on any atom is 0.0167 e. The lowest BCUT2D eigenvalue weighted by Crippen LogP contribution is -2.32. The second-order valence-electron chi connectivity index (χ2n) is 3.24. The molecule has 11 heavy (non-hydrogen) atoms. The lowest BCUT2D eigenvalue weighted by atomic mass is 10.1. The lowest BCUT2D eigenvalue weighted by molar-refractivity contribution is 0.360. The second kappa shape index (κ2) is 6.38. The van der Waals surface area contributed by atoms with Gasteiger partial charge in [0.2, 0.25) is 0 Å². The number of rotatable bonds is 6. The van der Waals surface area contributed by atoms with Gasteiger partial charge in [0.25, 0.3) is 0 Å². The molecule has 0 aromatic heterocycles. The number of hydrogen-bond acceptors (Lipinski definition) is 2. The third-order valence-corrected chi connectivity index (χ3v) is 1.58. The summed E-state index contributed by atoms with van der Waals surface area (Å²) in [4.78, 5) is 2.12. The first-order chi connectivity index (χ1) is 5.16. The number of unbranched alkanes of at least 4 members (excludes halogenated alkanes) is 1. The van der Waals surface area contributed by atoms with E-state index in [9.17, 15) is 0 Å². The normalized spacial score (nSPS) is 13.5. The molecule has 0 aromatic carbocycles. The number of likely N-dealkylation sites (N-methyl/N-ethyl adjacent to an activating group) is 1. The minimum Gasteiger partial charge on any atom is -0.327 e. The Morgan fingerprint density at radius 2 is 2.18 bits per heavy atom. The first-order valence-corrected chi connectivity index (χ1v) is 4.18. The molecule has 0 aromatic rings. The van der Waals surface area contributed by atoms with Crippen molar-refractivity contribution in [2.75, 3.05) is 20.6 Å². The largest absolute Gasteiger partial charge is 0.327 e. The highest BCUT2D eigenvalue weighted by Crippen LogP contribution is 1.99. The summed E-state index contributed by atoms with van der Waals surface area (Å²) in [6, 6.07) is 0.324. The Morgan fingerprint density at radius 3 is 2.64 bits per heavy atom. The summed E-state index contributed by atoms with van der Waals surface area (Å²) in [5, 5.41) is 0. The van der Waals surface area contributed by atoms with Gasteiger partial charge < -0.3 is 10.6 Å². The first-order valence-electron chi connectivity index (χ1n) is 4.18. The molecule has 0 aliphatic carbocycles. The van der Waals surface area contributed by atoms with Gasteiger partial charge >= 0.3 is 0 Å². The molecule has 0 saturated heterocycles. The van der Waals surface area contributed by atoms with E-state index in [0.29, 0.717) is 6.04 Å². The molecule has 0 heterocycles. The van der Waals surface area contributed by atoms with Crippen molar-refractivity contribution in [1.82, 2.24) is 4.90 Å². The molecule has 2 N–H and O–H groups in total. The molecule has 0 rings (SSSR count). The van der Waals surface area contributed by atoms with Crippen LogP contribution < -0.4 is 5.73 Å². The summed E-state index contributed by atoms with van der Waals surface area (Å²) in [7, 11) is 4.10. The number of allylic oxidation sites excluding steroid dienone is 1. The molecule has 0 amide bonds. The van der Waals surface area contributed by atoms with Gasteiger partial charge in [-0.1, -0.05) is 6.08 Å². The van der Waals surface area contributed by atoms with Gasteiger partial charge in [-0.05, 0) is 33.4 Å². The maximum atomic E-state index is 5.84. The quantitative estimate of drug-likeness (QED) is 0.463. The average Bonchev–Trinajstić information content (AvgIpc) is 1.86. The molecule has 1 unspecified atom stereocenters. The predicted octanol–water partition coefficient (Wildman–Crippen LogP) is 1.23. The van der Waals surface area contributed by atoms with Crippen LogP contribution in [0.25, 0.3) is 0 Å². The van der Waals surface area contributed by atoms with Crippen molar-refractivity contribution in [2.45, 2.75) is 25.3 Å². The first kappa shape index (κ1) is 10.7. The number of nitrogens with two attached hydrogens (primary N) is 1. The molecule has 0 spiro atoms. The lowest BCUT2D eigenvalue weighted by Gasteiger charge is -2.15. The molecular weight excluding hydrogens is 136 g/mol. The van der Waals surface area contributed by atoms with E-state index in [1.165, 1.54) is 6.42 Å². The van der Waals surface area contributed by atoms with Crippen molar-refractivity contribution < 1.29 is 0 Å². The van der Waals surface area contributed by atoms with Gasteiger partial charge in [-0.25, -0.2) is 0 Å². The zero-order valence-corrected chi connectivity index (χ0v) is 7.71. The van der Waals surface area contributed by atoms with E-state index in [1.807, 2.05) is 20.2 Å². The topological polar surface area (TPSA) is 29.3 Å². The molecule has 66 valence electrons. The van der Waals surface area contributed by atoms with Gasteiger partial charge in [0.1, 0.15) is 0 Å². The zero-order chi connectivity index (χ0) is 8.69. The van der Waals surface area contributed by atoms with Crippen molar-refractivity contribution in [1.29, 1.82) is 0 Å². The van der Waals surface area contributed by atoms with Crippen molar-refractivity contribution in [3.63, 3.8) is 0 Å². The minimum atomic E-state index is 0.324. The number of hydrogen-bond donors (Lipinski definition) is 1. The van der Waals surface area contributed by atoms with Crippen molar-refractivity contribution in [2.24, 2.45) is 5.73 Å². The van der Waals surface area contributed by atoms with Crippen LogP contribution in [0.5, 0.6) is 0 Å². The molecule has 0 bridgehead atoms. The highest BCUT2D eigenvalue weighted by atomic mass is 15.1. The third kappa shape index (κ3) is 7.56. The van der Waals surface area contributed by atoms with Gasteiger partial charge in [0.15, 0.2) is 0 Å². The zero-order valence-electron chi connectivity index (χ0n) is 7.71. The summed E-state index contributed by atoms with van der Waals surface area (Å²) in [6.45, 7) is 4.65. The fourth-order valence-electron chi connectivity index (χ4n) is 1.08. The second-order valence-corrected chi connectivity index (χ2v) is 3.24. The molecular formula is C9H20N2. The van der Waals surface area contributed by atoms with Crippen LogP contribution >= 0.6 is 0 Å². The maximum absolute atomic E-state index is 5.84.